The van der Waals surface area contributed by atoms with E-state index in [0.29, 0.717) is 24.8 Å². The molecule has 1 amide bonds. The summed E-state index contributed by atoms with van der Waals surface area (Å²) >= 11 is 0. The average molecular weight is 274 g/mol. The lowest BCUT2D eigenvalue weighted by molar-refractivity contribution is -0.129. The number of rotatable bonds is 5. The van der Waals surface area contributed by atoms with Gasteiger partial charge < -0.3 is 10.6 Å². The Balaban J connectivity index is 1.88. The van der Waals surface area contributed by atoms with Crippen molar-refractivity contribution in [1.82, 2.24) is 4.90 Å². The van der Waals surface area contributed by atoms with Gasteiger partial charge in [0.15, 0.2) is 0 Å². The Bertz CT molecular complexity index is 439. The van der Waals surface area contributed by atoms with E-state index in [1.165, 1.54) is 5.56 Å². The summed E-state index contributed by atoms with van der Waals surface area (Å²) in [6.45, 7) is 6.83. The molecular formula is C17H26N2O. The fourth-order valence-electron chi connectivity index (χ4n) is 2.80. The lowest BCUT2D eigenvalue weighted by Gasteiger charge is -2.16. The number of hydrogen-bond acceptors (Lipinski definition) is 2. The van der Waals surface area contributed by atoms with E-state index in [-0.39, 0.29) is 5.91 Å². The highest BCUT2D eigenvalue weighted by Crippen LogP contribution is 2.17. The van der Waals surface area contributed by atoms with Crippen molar-refractivity contribution in [3.63, 3.8) is 0 Å². The molecule has 20 heavy (non-hydrogen) atoms. The fraction of sp³-hybridized carbons (Fsp3) is 0.588. The van der Waals surface area contributed by atoms with Crippen LogP contribution in [0, 0.1) is 11.8 Å². The molecule has 1 heterocycles. The number of benzene rings is 1. The molecule has 1 atom stereocenters. The normalized spacial score (nSPS) is 18.8. The molecule has 0 radical (unpaired) electrons. The monoisotopic (exact) mass is 274 g/mol. The first-order valence-electron chi connectivity index (χ1n) is 7.64. The minimum absolute atomic E-state index is 0.234. The quantitative estimate of drug-likeness (QED) is 0.895. The van der Waals surface area contributed by atoms with Gasteiger partial charge in [-0.2, -0.15) is 0 Å². The number of carbonyl (C=O) groups is 1. The Morgan fingerprint density at radius 3 is 2.50 bits per heavy atom. The van der Waals surface area contributed by atoms with E-state index < -0.39 is 0 Å². The van der Waals surface area contributed by atoms with Crippen LogP contribution in [0.4, 0.5) is 0 Å². The van der Waals surface area contributed by atoms with Crippen molar-refractivity contribution in [2.75, 3.05) is 19.6 Å². The summed E-state index contributed by atoms with van der Waals surface area (Å²) in [7, 11) is 0. The van der Waals surface area contributed by atoms with Crippen molar-refractivity contribution < 1.29 is 4.79 Å². The van der Waals surface area contributed by atoms with Crippen molar-refractivity contribution in [3.8, 4) is 0 Å². The number of carbonyl (C=O) groups excluding carboxylic acids is 1. The third-order valence-corrected chi connectivity index (χ3v) is 3.99. The van der Waals surface area contributed by atoms with Gasteiger partial charge in [-0.15, -0.1) is 0 Å². The zero-order valence-electron chi connectivity index (χ0n) is 12.6. The van der Waals surface area contributed by atoms with Crippen LogP contribution in [0.5, 0.6) is 0 Å². The summed E-state index contributed by atoms with van der Waals surface area (Å²) in [5, 5.41) is 0. The molecule has 1 aliphatic heterocycles. The summed E-state index contributed by atoms with van der Waals surface area (Å²) in [5.74, 6) is 1.39. The van der Waals surface area contributed by atoms with Gasteiger partial charge in [-0.1, -0.05) is 38.1 Å². The van der Waals surface area contributed by atoms with Crippen LogP contribution in [0.3, 0.4) is 0 Å². The minimum Gasteiger partial charge on any atom is -0.342 e. The molecule has 0 aromatic heterocycles. The van der Waals surface area contributed by atoms with Crippen molar-refractivity contribution >= 4 is 5.91 Å². The van der Waals surface area contributed by atoms with Crippen LogP contribution in [-0.4, -0.2) is 30.4 Å². The predicted molar refractivity (Wildman–Crippen MR) is 82.4 cm³/mol. The highest BCUT2D eigenvalue weighted by molar-refractivity contribution is 5.79. The van der Waals surface area contributed by atoms with Crippen LogP contribution < -0.4 is 5.73 Å². The minimum atomic E-state index is 0.234. The fourth-order valence-corrected chi connectivity index (χ4v) is 2.80. The average Bonchev–Trinajstić information content (AvgIpc) is 2.89. The molecule has 0 saturated carbocycles. The molecule has 0 spiro atoms. The van der Waals surface area contributed by atoms with Gasteiger partial charge in [0.05, 0.1) is 6.42 Å². The van der Waals surface area contributed by atoms with Gasteiger partial charge >= 0.3 is 0 Å². The maximum absolute atomic E-state index is 12.2. The molecule has 1 aromatic rings. The number of nitrogens with zero attached hydrogens (tertiary/aromatic N) is 1. The van der Waals surface area contributed by atoms with Crippen molar-refractivity contribution in [2.24, 2.45) is 17.6 Å². The van der Waals surface area contributed by atoms with Crippen LogP contribution in [0.2, 0.25) is 0 Å². The van der Waals surface area contributed by atoms with Gasteiger partial charge in [-0.05, 0) is 42.3 Å². The number of likely N-dealkylation sites (tertiary alicyclic amines) is 1. The van der Waals surface area contributed by atoms with Gasteiger partial charge in [0.2, 0.25) is 5.91 Å². The molecule has 0 bridgehead atoms. The maximum atomic E-state index is 12.2. The first kappa shape index (κ1) is 15.0. The second kappa shape index (κ2) is 6.89. The third-order valence-electron chi connectivity index (χ3n) is 3.99. The van der Waals surface area contributed by atoms with Crippen molar-refractivity contribution in [1.29, 1.82) is 0 Å². The molecule has 1 aliphatic rings. The molecule has 0 aliphatic carbocycles. The Labute approximate surface area is 122 Å². The summed E-state index contributed by atoms with van der Waals surface area (Å²) in [6, 6.07) is 8.47. The number of nitrogens with two attached hydrogens (primary N) is 1. The Hall–Kier alpha value is -1.35. The Morgan fingerprint density at radius 2 is 1.95 bits per heavy atom. The molecule has 1 saturated heterocycles. The Morgan fingerprint density at radius 1 is 1.30 bits per heavy atom. The molecule has 3 nitrogen and oxygen atoms in total. The van der Waals surface area contributed by atoms with E-state index in [1.807, 2.05) is 4.90 Å². The molecule has 2 N–H and O–H groups in total. The van der Waals surface area contributed by atoms with E-state index in [1.54, 1.807) is 0 Å². The van der Waals surface area contributed by atoms with Crippen LogP contribution in [-0.2, 0) is 17.6 Å². The summed E-state index contributed by atoms with van der Waals surface area (Å²) in [6.07, 6.45) is 2.66. The summed E-state index contributed by atoms with van der Waals surface area (Å²) in [4.78, 5) is 14.2. The summed E-state index contributed by atoms with van der Waals surface area (Å²) < 4.78 is 0. The molecule has 110 valence electrons. The molecule has 1 unspecified atom stereocenters. The summed E-state index contributed by atoms with van der Waals surface area (Å²) in [5.41, 5.74) is 8.12. The Kier molecular flexibility index (Phi) is 5.18. The van der Waals surface area contributed by atoms with Crippen LogP contribution >= 0.6 is 0 Å². The molecule has 2 rings (SSSR count). The third kappa shape index (κ3) is 4.07. The zero-order chi connectivity index (χ0) is 14.5. The molecule has 1 aromatic carbocycles. The highest BCUT2D eigenvalue weighted by atomic mass is 16.2. The van der Waals surface area contributed by atoms with Gasteiger partial charge in [0.1, 0.15) is 0 Å². The topological polar surface area (TPSA) is 46.3 Å². The molecule has 3 heteroatoms. The number of amides is 1. The second-order valence-corrected chi connectivity index (χ2v) is 6.32. The van der Waals surface area contributed by atoms with Gasteiger partial charge in [0, 0.05) is 13.1 Å². The smallest absolute Gasteiger partial charge is 0.226 e. The lowest BCUT2D eigenvalue weighted by Crippen LogP contribution is -2.31. The highest BCUT2D eigenvalue weighted by Gasteiger charge is 2.24. The van der Waals surface area contributed by atoms with Crippen LogP contribution in [0.15, 0.2) is 24.3 Å². The predicted octanol–water partition coefficient (Wildman–Crippen LogP) is 2.23. The van der Waals surface area contributed by atoms with E-state index in [9.17, 15) is 4.79 Å². The van der Waals surface area contributed by atoms with E-state index in [4.69, 9.17) is 5.73 Å². The van der Waals surface area contributed by atoms with Crippen LogP contribution in [0.25, 0.3) is 0 Å². The largest absolute Gasteiger partial charge is 0.342 e. The van der Waals surface area contributed by atoms with E-state index in [0.717, 1.165) is 31.5 Å². The van der Waals surface area contributed by atoms with Gasteiger partial charge in [-0.3, -0.25) is 4.79 Å². The molecular weight excluding hydrogens is 248 g/mol. The van der Waals surface area contributed by atoms with Crippen LogP contribution in [0.1, 0.15) is 31.4 Å². The van der Waals surface area contributed by atoms with Crippen molar-refractivity contribution in [3.05, 3.63) is 35.4 Å². The second-order valence-electron chi connectivity index (χ2n) is 6.32. The first-order valence-corrected chi connectivity index (χ1v) is 7.64. The first-order chi connectivity index (χ1) is 9.58. The van der Waals surface area contributed by atoms with Gasteiger partial charge in [-0.25, -0.2) is 0 Å². The molecule has 1 fully saturated rings. The maximum Gasteiger partial charge on any atom is 0.226 e. The standard InChI is InChI=1S/C17H26N2O/c1-13(2)9-14-3-5-15(6-4-14)10-17(20)19-8-7-16(11-18)12-19/h3-6,13,16H,7-12,18H2,1-2H3. The zero-order valence-corrected chi connectivity index (χ0v) is 12.6. The van der Waals surface area contributed by atoms with Gasteiger partial charge in [0.25, 0.3) is 0 Å². The van der Waals surface area contributed by atoms with E-state index >= 15 is 0 Å². The number of hydrogen-bond donors (Lipinski definition) is 1. The SMILES string of the molecule is CC(C)Cc1ccc(CC(=O)N2CCC(CN)C2)cc1. The van der Waals surface area contributed by atoms with Crippen molar-refractivity contribution in [2.45, 2.75) is 33.1 Å². The lowest BCUT2D eigenvalue weighted by atomic mass is 10.0. The van der Waals surface area contributed by atoms with E-state index in [2.05, 4.69) is 38.1 Å².